The topological polar surface area (TPSA) is 68.3 Å². The van der Waals surface area contributed by atoms with Crippen molar-refractivity contribution in [2.75, 3.05) is 6.61 Å². The molecule has 2 amide bonds. The first-order valence-corrected chi connectivity index (χ1v) is 8.63. The highest BCUT2D eigenvalue weighted by molar-refractivity contribution is 8.15. The van der Waals surface area contributed by atoms with Crippen LogP contribution >= 0.6 is 11.8 Å². The van der Waals surface area contributed by atoms with Gasteiger partial charge in [-0.3, -0.25) is 19.9 Å². The number of amides is 2. The minimum Gasteiger partial charge on any atom is -0.493 e. The average molecular weight is 342 g/mol. The van der Waals surface area contributed by atoms with Gasteiger partial charge in [0.15, 0.2) is 0 Å². The van der Waals surface area contributed by atoms with Crippen LogP contribution in [0.2, 0.25) is 0 Å². The van der Waals surface area contributed by atoms with Gasteiger partial charge in [-0.2, -0.15) is 0 Å². The first-order valence-electron chi connectivity index (χ1n) is 7.75. The Balaban J connectivity index is 1.48. The van der Waals surface area contributed by atoms with Crippen LogP contribution in [0.5, 0.6) is 5.75 Å². The Bertz CT molecular complexity index is 729. The zero-order chi connectivity index (χ0) is 16.9. The summed E-state index contributed by atoms with van der Waals surface area (Å²) in [6, 6.07) is 11.7. The van der Waals surface area contributed by atoms with Gasteiger partial charge in [-0.1, -0.05) is 30.0 Å². The van der Waals surface area contributed by atoms with E-state index < -0.39 is 0 Å². The molecule has 124 valence electrons. The van der Waals surface area contributed by atoms with E-state index in [1.807, 2.05) is 49.5 Å². The fraction of sp³-hybridized carbons (Fsp3) is 0.278. The summed E-state index contributed by atoms with van der Waals surface area (Å²) in [7, 11) is 0. The number of carbonyl (C=O) groups excluding carboxylic acids is 2. The van der Waals surface area contributed by atoms with Gasteiger partial charge in [0.05, 0.1) is 11.9 Å². The predicted molar refractivity (Wildman–Crippen MR) is 93.2 cm³/mol. The number of hydrogen-bond donors (Lipinski definition) is 1. The summed E-state index contributed by atoms with van der Waals surface area (Å²) in [6.07, 6.45) is 3.14. The summed E-state index contributed by atoms with van der Waals surface area (Å²) < 4.78 is 5.72. The Morgan fingerprint density at radius 2 is 1.96 bits per heavy atom. The smallest absolute Gasteiger partial charge is 0.286 e. The Kier molecular flexibility index (Phi) is 5.15. The molecule has 0 radical (unpaired) electrons. The summed E-state index contributed by atoms with van der Waals surface area (Å²) >= 11 is 1.05. The second-order valence-electron chi connectivity index (χ2n) is 5.66. The molecule has 5 nitrogen and oxygen atoms in total. The highest BCUT2D eigenvalue weighted by Gasteiger charge is 2.31. The number of benzene rings is 1. The third-order valence-corrected chi connectivity index (χ3v) is 4.69. The van der Waals surface area contributed by atoms with Crippen LogP contribution in [0.15, 0.2) is 42.6 Å². The molecule has 0 aliphatic carbocycles. The number of aromatic nitrogens is 1. The number of rotatable bonds is 6. The summed E-state index contributed by atoms with van der Waals surface area (Å²) in [6.45, 7) is 2.57. The number of carbonyl (C=O) groups is 2. The lowest BCUT2D eigenvalue weighted by atomic mass is 10.1. The Morgan fingerprint density at radius 1 is 1.17 bits per heavy atom. The summed E-state index contributed by atoms with van der Waals surface area (Å²) in [4.78, 5) is 27.1. The number of nitrogens with one attached hydrogen (secondary N) is 1. The van der Waals surface area contributed by atoms with Crippen LogP contribution in [0.25, 0.3) is 0 Å². The molecule has 24 heavy (non-hydrogen) atoms. The number of thioether (sulfide) groups is 1. The lowest BCUT2D eigenvalue weighted by molar-refractivity contribution is -0.118. The van der Waals surface area contributed by atoms with Gasteiger partial charge >= 0.3 is 0 Å². The molecule has 1 atom stereocenters. The van der Waals surface area contributed by atoms with Crippen molar-refractivity contribution in [3.63, 3.8) is 0 Å². The van der Waals surface area contributed by atoms with Crippen LogP contribution in [0.1, 0.15) is 16.8 Å². The molecule has 2 aromatic rings. The van der Waals surface area contributed by atoms with E-state index in [1.54, 1.807) is 0 Å². The molecule has 3 rings (SSSR count). The van der Waals surface area contributed by atoms with Gasteiger partial charge in [0.2, 0.25) is 5.91 Å². The van der Waals surface area contributed by atoms with Crippen molar-refractivity contribution in [3.8, 4) is 5.75 Å². The van der Waals surface area contributed by atoms with Crippen molar-refractivity contribution < 1.29 is 14.3 Å². The van der Waals surface area contributed by atoms with Crippen molar-refractivity contribution in [3.05, 3.63) is 59.4 Å². The molecule has 0 spiro atoms. The average Bonchev–Trinajstić information content (AvgIpc) is 2.88. The van der Waals surface area contributed by atoms with Gasteiger partial charge < -0.3 is 4.74 Å². The van der Waals surface area contributed by atoms with E-state index in [4.69, 9.17) is 4.74 Å². The fourth-order valence-corrected chi connectivity index (χ4v) is 3.24. The van der Waals surface area contributed by atoms with E-state index in [2.05, 4.69) is 10.3 Å². The van der Waals surface area contributed by atoms with Gasteiger partial charge in [0, 0.05) is 18.3 Å². The minimum absolute atomic E-state index is 0.212. The molecule has 1 aromatic heterocycles. The first-order chi connectivity index (χ1) is 11.6. The largest absolute Gasteiger partial charge is 0.493 e. The van der Waals surface area contributed by atoms with Crippen LogP contribution in [0.4, 0.5) is 4.79 Å². The molecule has 2 heterocycles. The third-order valence-electron chi connectivity index (χ3n) is 3.71. The molecule has 6 heteroatoms. The number of aryl methyl sites for hydroxylation is 1. The molecule has 0 bridgehead atoms. The van der Waals surface area contributed by atoms with Crippen molar-refractivity contribution in [1.82, 2.24) is 10.3 Å². The Hall–Kier alpha value is -2.34. The molecule has 1 aliphatic heterocycles. The van der Waals surface area contributed by atoms with Gasteiger partial charge in [-0.25, -0.2) is 0 Å². The lowest BCUT2D eigenvalue weighted by Gasteiger charge is -2.08. The van der Waals surface area contributed by atoms with Crippen LogP contribution in [-0.2, 0) is 17.6 Å². The lowest BCUT2D eigenvalue weighted by Crippen LogP contribution is -2.25. The Labute approximate surface area is 144 Å². The van der Waals surface area contributed by atoms with Crippen LogP contribution in [0, 0.1) is 6.92 Å². The maximum atomic E-state index is 11.6. The quantitative estimate of drug-likeness (QED) is 0.874. The summed E-state index contributed by atoms with van der Waals surface area (Å²) in [5.41, 5.74) is 3.15. The molecule has 0 saturated carbocycles. The summed E-state index contributed by atoms with van der Waals surface area (Å²) in [5, 5.41) is 1.69. The Morgan fingerprint density at radius 3 is 2.58 bits per heavy atom. The molecule has 1 aliphatic rings. The van der Waals surface area contributed by atoms with E-state index in [0.717, 1.165) is 40.8 Å². The monoisotopic (exact) mass is 342 g/mol. The molecule has 1 fully saturated rings. The number of ether oxygens (including phenoxy) is 1. The number of pyridine rings is 1. The predicted octanol–water partition coefficient (Wildman–Crippen LogP) is 2.91. The van der Waals surface area contributed by atoms with Crippen LogP contribution in [0.3, 0.4) is 0 Å². The van der Waals surface area contributed by atoms with Gasteiger partial charge in [0.25, 0.3) is 5.24 Å². The minimum atomic E-state index is -0.336. The maximum absolute atomic E-state index is 11.6. The molecule has 1 saturated heterocycles. The molecule has 0 unspecified atom stereocenters. The molecular formula is C18H18N2O3S. The second-order valence-corrected chi connectivity index (χ2v) is 6.83. The SMILES string of the molecule is Cc1ccc(CCOc2ccc(C[C@@H]3SC(=O)NC3=O)cc2)nc1. The first kappa shape index (κ1) is 16.5. The zero-order valence-electron chi connectivity index (χ0n) is 13.3. The van der Waals surface area contributed by atoms with Crippen LogP contribution < -0.4 is 10.1 Å². The van der Waals surface area contributed by atoms with Gasteiger partial charge in [0.1, 0.15) is 5.75 Å². The van der Waals surface area contributed by atoms with E-state index in [9.17, 15) is 9.59 Å². The molecule has 1 N–H and O–H groups in total. The van der Waals surface area contributed by atoms with Gasteiger partial charge in [-0.15, -0.1) is 0 Å². The van der Waals surface area contributed by atoms with Gasteiger partial charge in [-0.05, 0) is 42.7 Å². The van der Waals surface area contributed by atoms with Crippen molar-refractivity contribution in [2.45, 2.75) is 25.0 Å². The maximum Gasteiger partial charge on any atom is 0.286 e. The van der Waals surface area contributed by atoms with Crippen LogP contribution in [-0.4, -0.2) is 28.0 Å². The standard InChI is InChI=1S/C18H18N2O3S/c1-12-2-5-14(19-11-12)8-9-23-15-6-3-13(4-7-15)10-16-17(21)20-18(22)24-16/h2-7,11,16H,8-10H2,1H3,(H,20,21,22)/t16-/m0/s1. The second kappa shape index (κ2) is 7.49. The normalized spacial score (nSPS) is 17.0. The number of imide groups is 1. The van der Waals surface area contributed by atoms with Crippen molar-refractivity contribution >= 4 is 22.9 Å². The van der Waals surface area contributed by atoms with Crippen molar-refractivity contribution in [1.29, 1.82) is 0 Å². The zero-order valence-corrected chi connectivity index (χ0v) is 14.1. The molecule has 1 aromatic carbocycles. The van der Waals surface area contributed by atoms with E-state index in [0.29, 0.717) is 13.0 Å². The summed E-state index contributed by atoms with van der Waals surface area (Å²) in [5.74, 6) is 0.571. The molecular weight excluding hydrogens is 324 g/mol. The highest BCUT2D eigenvalue weighted by atomic mass is 32.2. The number of hydrogen-bond acceptors (Lipinski definition) is 5. The number of nitrogens with zero attached hydrogens (tertiary/aromatic N) is 1. The highest BCUT2D eigenvalue weighted by Crippen LogP contribution is 2.23. The van der Waals surface area contributed by atoms with E-state index in [-0.39, 0.29) is 16.4 Å². The third kappa shape index (κ3) is 4.35. The van der Waals surface area contributed by atoms with E-state index >= 15 is 0 Å². The van der Waals surface area contributed by atoms with Crippen molar-refractivity contribution in [2.24, 2.45) is 0 Å². The fourth-order valence-electron chi connectivity index (χ4n) is 2.38. The van der Waals surface area contributed by atoms with E-state index in [1.165, 1.54) is 0 Å².